The molecule has 2 heterocycles. The highest BCUT2D eigenvalue weighted by Crippen LogP contribution is 2.17. The second-order valence-electron chi connectivity index (χ2n) is 4.25. The van der Waals surface area contributed by atoms with Gasteiger partial charge in [-0.15, -0.1) is 0 Å². The molecule has 0 fully saturated rings. The summed E-state index contributed by atoms with van der Waals surface area (Å²) in [7, 11) is 0. The van der Waals surface area contributed by atoms with Crippen LogP contribution in [0.2, 0.25) is 0 Å². The molecule has 0 saturated carbocycles. The van der Waals surface area contributed by atoms with Crippen molar-refractivity contribution in [3.8, 4) is 11.4 Å². The molecule has 0 atom stereocenters. The minimum absolute atomic E-state index is 0.223. The number of benzene rings is 1. The second-order valence-corrected chi connectivity index (χ2v) is 4.25. The lowest BCUT2D eigenvalue weighted by Crippen LogP contribution is -2.07. The second kappa shape index (κ2) is 5.87. The lowest BCUT2D eigenvalue weighted by molar-refractivity contribution is -0.111. The van der Waals surface area contributed by atoms with Crippen LogP contribution in [0.25, 0.3) is 17.5 Å². The van der Waals surface area contributed by atoms with Crippen molar-refractivity contribution >= 4 is 17.7 Å². The van der Waals surface area contributed by atoms with Crippen molar-refractivity contribution in [2.45, 2.75) is 0 Å². The van der Waals surface area contributed by atoms with Gasteiger partial charge in [0, 0.05) is 17.3 Å². The Morgan fingerprint density at radius 1 is 1.24 bits per heavy atom. The molecule has 1 amide bonds. The molecule has 21 heavy (non-hydrogen) atoms. The summed E-state index contributed by atoms with van der Waals surface area (Å²) in [6, 6.07) is 10.8. The van der Waals surface area contributed by atoms with Crippen LogP contribution < -0.4 is 5.32 Å². The Labute approximate surface area is 120 Å². The zero-order valence-electron chi connectivity index (χ0n) is 11.0. The number of rotatable bonds is 4. The molecule has 6 nitrogen and oxygen atoms in total. The van der Waals surface area contributed by atoms with Gasteiger partial charge < -0.3 is 9.73 Å². The quantitative estimate of drug-likeness (QED) is 0.720. The summed E-state index contributed by atoms with van der Waals surface area (Å²) in [4.78, 5) is 15.8. The van der Waals surface area contributed by atoms with Gasteiger partial charge in [-0.05, 0) is 42.5 Å². The molecule has 0 aliphatic rings. The van der Waals surface area contributed by atoms with Gasteiger partial charge in [0.1, 0.15) is 12.1 Å². The number of furan rings is 1. The first-order valence-electron chi connectivity index (χ1n) is 6.29. The molecule has 0 spiro atoms. The number of H-pyrrole nitrogens is 1. The SMILES string of the molecule is O=C(/C=C\c1ccco1)Nc1ccc(-c2ncn[nH]2)cc1. The zero-order chi connectivity index (χ0) is 14.5. The largest absolute Gasteiger partial charge is 0.465 e. The first-order chi connectivity index (χ1) is 10.3. The lowest BCUT2D eigenvalue weighted by atomic mass is 10.2. The first-order valence-corrected chi connectivity index (χ1v) is 6.29. The van der Waals surface area contributed by atoms with Crippen molar-refractivity contribution in [1.29, 1.82) is 0 Å². The van der Waals surface area contributed by atoms with E-state index in [4.69, 9.17) is 4.42 Å². The van der Waals surface area contributed by atoms with Crippen molar-refractivity contribution in [2.24, 2.45) is 0 Å². The molecule has 2 N–H and O–H groups in total. The van der Waals surface area contributed by atoms with E-state index in [9.17, 15) is 4.79 Å². The standard InChI is InChI=1S/C15H12N4O2/c20-14(8-7-13-2-1-9-21-13)18-12-5-3-11(4-6-12)15-16-10-17-19-15/h1-10H,(H,18,20)(H,16,17,19)/b8-7-. The Hall–Kier alpha value is -3.15. The normalized spacial score (nSPS) is 10.9. The fourth-order valence-corrected chi connectivity index (χ4v) is 1.78. The van der Waals surface area contributed by atoms with Crippen LogP contribution in [0.15, 0.2) is 59.5 Å². The fourth-order valence-electron chi connectivity index (χ4n) is 1.78. The van der Waals surface area contributed by atoms with Gasteiger partial charge in [0.15, 0.2) is 5.82 Å². The predicted molar refractivity (Wildman–Crippen MR) is 78.2 cm³/mol. The van der Waals surface area contributed by atoms with Gasteiger partial charge in [-0.25, -0.2) is 4.98 Å². The van der Waals surface area contributed by atoms with Crippen LogP contribution in [-0.2, 0) is 4.79 Å². The van der Waals surface area contributed by atoms with E-state index in [1.165, 1.54) is 12.4 Å². The van der Waals surface area contributed by atoms with Crippen LogP contribution in [0, 0.1) is 0 Å². The molecule has 0 saturated heterocycles. The van der Waals surface area contributed by atoms with Crippen LogP contribution in [0.5, 0.6) is 0 Å². The molecule has 3 rings (SSSR count). The van der Waals surface area contributed by atoms with Gasteiger partial charge in [0.25, 0.3) is 0 Å². The smallest absolute Gasteiger partial charge is 0.248 e. The number of nitrogens with zero attached hydrogens (tertiary/aromatic N) is 2. The maximum absolute atomic E-state index is 11.8. The number of hydrogen-bond donors (Lipinski definition) is 2. The molecule has 104 valence electrons. The number of carbonyl (C=O) groups excluding carboxylic acids is 1. The molecule has 6 heteroatoms. The Balaban J connectivity index is 1.64. The maximum Gasteiger partial charge on any atom is 0.248 e. The van der Waals surface area contributed by atoms with Crippen molar-refractivity contribution in [3.05, 3.63) is 60.8 Å². The van der Waals surface area contributed by atoms with Gasteiger partial charge >= 0.3 is 0 Å². The Kier molecular flexibility index (Phi) is 3.60. The average Bonchev–Trinajstić information content (AvgIpc) is 3.19. The van der Waals surface area contributed by atoms with Crippen LogP contribution in [0.1, 0.15) is 5.76 Å². The molecule has 0 radical (unpaired) electrons. The third-order valence-electron chi connectivity index (χ3n) is 2.78. The van der Waals surface area contributed by atoms with Crippen LogP contribution in [0.3, 0.4) is 0 Å². The topological polar surface area (TPSA) is 83.8 Å². The minimum Gasteiger partial charge on any atom is -0.465 e. The average molecular weight is 280 g/mol. The van der Waals surface area contributed by atoms with E-state index in [0.717, 1.165) is 5.56 Å². The van der Waals surface area contributed by atoms with E-state index in [0.29, 0.717) is 17.3 Å². The number of anilines is 1. The Morgan fingerprint density at radius 3 is 2.76 bits per heavy atom. The summed E-state index contributed by atoms with van der Waals surface area (Å²) in [6.45, 7) is 0. The maximum atomic E-state index is 11.8. The number of carbonyl (C=O) groups is 1. The van der Waals surface area contributed by atoms with E-state index >= 15 is 0 Å². The van der Waals surface area contributed by atoms with Crippen molar-refractivity contribution in [3.63, 3.8) is 0 Å². The summed E-state index contributed by atoms with van der Waals surface area (Å²) in [6.07, 6.45) is 6.03. The third-order valence-corrected chi connectivity index (χ3v) is 2.78. The molecule has 0 unspecified atom stereocenters. The van der Waals surface area contributed by atoms with E-state index in [1.54, 1.807) is 36.6 Å². The summed E-state index contributed by atoms with van der Waals surface area (Å²) >= 11 is 0. The first kappa shape index (κ1) is 12.9. The molecular weight excluding hydrogens is 268 g/mol. The highest BCUT2D eigenvalue weighted by Gasteiger charge is 2.02. The van der Waals surface area contributed by atoms with Gasteiger partial charge in [-0.3, -0.25) is 9.89 Å². The third kappa shape index (κ3) is 3.24. The van der Waals surface area contributed by atoms with Crippen LogP contribution in [0.4, 0.5) is 5.69 Å². The van der Waals surface area contributed by atoms with Crippen LogP contribution in [-0.4, -0.2) is 21.1 Å². The number of aromatic amines is 1. The van der Waals surface area contributed by atoms with E-state index in [-0.39, 0.29) is 5.91 Å². The van der Waals surface area contributed by atoms with Gasteiger partial charge in [0.05, 0.1) is 6.26 Å². The Bertz CT molecular complexity index is 729. The van der Waals surface area contributed by atoms with Crippen molar-refractivity contribution < 1.29 is 9.21 Å². The van der Waals surface area contributed by atoms with Crippen LogP contribution >= 0.6 is 0 Å². The number of amides is 1. The number of hydrogen-bond acceptors (Lipinski definition) is 4. The molecule has 0 aliphatic heterocycles. The summed E-state index contributed by atoms with van der Waals surface area (Å²) in [5.74, 6) is 1.09. The number of nitrogens with one attached hydrogen (secondary N) is 2. The Morgan fingerprint density at radius 2 is 2.10 bits per heavy atom. The lowest BCUT2D eigenvalue weighted by Gasteiger charge is -2.02. The van der Waals surface area contributed by atoms with Gasteiger partial charge in [-0.1, -0.05) is 0 Å². The van der Waals surface area contributed by atoms with Gasteiger partial charge in [0.2, 0.25) is 5.91 Å². The highest BCUT2D eigenvalue weighted by molar-refractivity contribution is 6.01. The van der Waals surface area contributed by atoms with E-state index in [1.807, 2.05) is 12.1 Å². The predicted octanol–water partition coefficient (Wildman–Crippen LogP) is 2.72. The fraction of sp³-hybridized carbons (Fsp3) is 0. The molecule has 2 aromatic heterocycles. The summed E-state index contributed by atoms with van der Waals surface area (Å²) in [5.41, 5.74) is 1.60. The molecular formula is C15H12N4O2. The summed E-state index contributed by atoms with van der Waals surface area (Å²) in [5, 5.41) is 9.34. The molecule has 3 aromatic rings. The van der Waals surface area contributed by atoms with E-state index in [2.05, 4.69) is 20.5 Å². The number of aromatic nitrogens is 3. The molecule has 0 aliphatic carbocycles. The monoisotopic (exact) mass is 280 g/mol. The van der Waals surface area contributed by atoms with E-state index < -0.39 is 0 Å². The molecule has 0 bridgehead atoms. The van der Waals surface area contributed by atoms with Crippen molar-refractivity contribution in [2.75, 3.05) is 5.32 Å². The van der Waals surface area contributed by atoms with Crippen molar-refractivity contribution in [1.82, 2.24) is 15.2 Å². The molecule has 1 aromatic carbocycles. The van der Waals surface area contributed by atoms with Gasteiger partial charge in [-0.2, -0.15) is 5.10 Å². The minimum atomic E-state index is -0.223. The highest BCUT2D eigenvalue weighted by atomic mass is 16.3. The summed E-state index contributed by atoms with van der Waals surface area (Å²) < 4.78 is 5.11. The zero-order valence-corrected chi connectivity index (χ0v) is 11.0.